The van der Waals surface area contributed by atoms with Crippen LogP contribution in [0.15, 0.2) is 48.7 Å². The minimum atomic E-state index is -1.07. The van der Waals surface area contributed by atoms with Gasteiger partial charge >= 0.3 is 5.97 Å². The third kappa shape index (κ3) is 5.31. The molecule has 35 heavy (non-hydrogen) atoms. The van der Waals surface area contributed by atoms with Gasteiger partial charge in [-0.15, -0.1) is 0 Å². The Morgan fingerprint density at radius 2 is 1.71 bits per heavy atom. The lowest BCUT2D eigenvalue weighted by Gasteiger charge is -2.26. The van der Waals surface area contributed by atoms with Crippen molar-refractivity contribution in [3.05, 3.63) is 65.5 Å². The van der Waals surface area contributed by atoms with Crippen LogP contribution < -0.4 is 9.47 Å². The van der Waals surface area contributed by atoms with E-state index in [-0.39, 0.29) is 11.6 Å². The number of aromatic nitrogens is 1. The Hall–Kier alpha value is -3.42. The van der Waals surface area contributed by atoms with Crippen LogP contribution in [0.3, 0.4) is 0 Å². The lowest BCUT2D eigenvalue weighted by Crippen LogP contribution is -2.35. The van der Waals surface area contributed by atoms with E-state index in [9.17, 15) is 9.90 Å². The first-order valence-electron chi connectivity index (χ1n) is 11.8. The summed E-state index contributed by atoms with van der Waals surface area (Å²) < 4.78 is 16.7. The average Bonchev–Trinajstić information content (AvgIpc) is 2.88. The highest BCUT2D eigenvalue weighted by Crippen LogP contribution is 2.43. The number of benzene rings is 2. The molecule has 1 aliphatic heterocycles. The van der Waals surface area contributed by atoms with Crippen LogP contribution in [0.5, 0.6) is 11.5 Å². The molecule has 1 aromatic heterocycles. The number of carbonyl (C=O) groups is 1. The summed E-state index contributed by atoms with van der Waals surface area (Å²) in [5.41, 5.74) is 5.10. The monoisotopic (exact) mass is 476 g/mol. The Bertz CT molecular complexity index is 1180. The predicted octanol–water partition coefficient (Wildman–Crippen LogP) is 5.09. The molecule has 2 aromatic carbocycles. The molecule has 0 spiro atoms. The number of aromatic carboxylic acids is 1. The van der Waals surface area contributed by atoms with Crippen LogP contribution >= 0.6 is 0 Å². The largest absolute Gasteiger partial charge is 0.496 e. The van der Waals surface area contributed by atoms with Gasteiger partial charge in [-0.05, 0) is 40.3 Å². The number of nitrogens with zero attached hydrogens (tertiary/aromatic N) is 2. The number of hydrogen-bond acceptors (Lipinski definition) is 6. The number of carboxylic acids is 1. The summed E-state index contributed by atoms with van der Waals surface area (Å²) >= 11 is 0. The number of ether oxygens (including phenoxy) is 3. The first-order valence-corrected chi connectivity index (χ1v) is 11.8. The van der Waals surface area contributed by atoms with Gasteiger partial charge in [0.1, 0.15) is 11.5 Å². The molecule has 0 atom stereocenters. The number of hydrogen-bond donors (Lipinski definition) is 1. The summed E-state index contributed by atoms with van der Waals surface area (Å²) in [5.74, 6) is 0.482. The maximum Gasteiger partial charge on any atom is 0.355 e. The molecule has 0 unspecified atom stereocenters. The van der Waals surface area contributed by atoms with Crippen molar-refractivity contribution in [3.63, 3.8) is 0 Å². The van der Waals surface area contributed by atoms with E-state index in [0.717, 1.165) is 60.9 Å². The van der Waals surface area contributed by atoms with Gasteiger partial charge in [0, 0.05) is 43.0 Å². The fourth-order valence-corrected chi connectivity index (χ4v) is 4.52. The van der Waals surface area contributed by atoms with Gasteiger partial charge in [-0.3, -0.25) is 4.90 Å². The van der Waals surface area contributed by atoms with Crippen molar-refractivity contribution in [2.24, 2.45) is 0 Å². The zero-order chi connectivity index (χ0) is 24.9. The molecule has 1 fully saturated rings. The number of carboxylic acid groups (broad SMARTS) is 1. The third-order valence-electron chi connectivity index (χ3n) is 6.37. The fourth-order valence-electron chi connectivity index (χ4n) is 4.52. The average molecular weight is 477 g/mol. The second-order valence-electron chi connectivity index (χ2n) is 8.92. The van der Waals surface area contributed by atoms with Crippen molar-refractivity contribution in [2.75, 3.05) is 40.5 Å². The number of methoxy groups -OCH3 is 2. The number of rotatable bonds is 8. The quantitative estimate of drug-likeness (QED) is 0.485. The highest BCUT2D eigenvalue weighted by atomic mass is 16.5. The molecule has 3 aromatic rings. The molecule has 7 nitrogen and oxygen atoms in total. The minimum Gasteiger partial charge on any atom is -0.496 e. The first kappa shape index (κ1) is 24.7. The van der Waals surface area contributed by atoms with Gasteiger partial charge in [0.15, 0.2) is 5.69 Å². The van der Waals surface area contributed by atoms with E-state index in [1.54, 1.807) is 14.2 Å². The van der Waals surface area contributed by atoms with Crippen LogP contribution in [0.4, 0.5) is 0 Å². The van der Waals surface area contributed by atoms with Crippen molar-refractivity contribution in [3.8, 4) is 33.8 Å². The van der Waals surface area contributed by atoms with Gasteiger partial charge in [0.25, 0.3) is 0 Å². The highest BCUT2D eigenvalue weighted by molar-refractivity contribution is 6.00. The van der Waals surface area contributed by atoms with E-state index in [1.165, 1.54) is 11.8 Å². The zero-order valence-corrected chi connectivity index (χ0v) is 20.7. The normalized spacial score (nSPS) is 14.2. The van der Waals surface area contributed by atoms with E-state index < -0.39 is 5.97 Å². The Morgan fingerprint density at radius 3 is 2.31 bits per heavy atom. The van der Waals surface area contributed by atoms with Crippen molar-refractivity contribution >= 4 is 5.97 Å². The standard InChI is InChI=1S/C28H32N2O5/c1-18(2)22-15-23(25(34-4)16-24(22)33-3)21-9-10-29-27(28(31)32)26(21)20-7-5-19(6-8-20)17-30-11-13-35-14-12-30/h5-10,15-16,18H,11-14,17H2,1-4H3,(H,31,32). The van der Waals surface area contributed by atoms with Gasteiger partial charge in [-0.1, -0.05) is 38.1 Å². The van der Waals surface area contributed by atoms with Crippen LogP contribution in [-0.2, 0) is 11.3 Å². The molecule has 4 rings (SSSR count). The molecule has 2 heterocycles. The molecule has 0 radical (unpaired) electrons. The van der Waals surface area contributed by atoms with Gasteiger partial charge in [0.2, 0.25) is 0 Å². The van der Waals surface area contributed by atoms with E-state index >= 15 is 0 Å². The highest BCUT2D eigenvalue weighted by Gasteiger charge is 2.23. The summed E-state index contributed by atoms with van der Waals surface area (Å²) in [7, 11) is 3.24. The van der Waals surface area contributed by atoms with Crippen LogP contribution in [0.25, 0.3) is 22.3 Å². The zero-order valence-electron chi connectivity index (χ0n) is 20.7. The maximum atomic E-state index is 12.2. The summed E-state index contributed by atoms with van der Waals surface area (Å²) in [6, 6.07) is 13.8. The van der Waals surface area contributed by atoms with Crippen molar-refractivity contribution in [2.45, 2.75) is 26.3 Å². The molecular weight excluding hydrogens is 444 g/mol. The van der Waals surface area contributed by atoms with Gasteiger partial charge in [0.05, 0.1) is 27.4 Å². The Balaban J connectivity index is 1.82. The molecule has 1 saturated heterocycles. The molecular formula is C28H32N2O5. The lowest BCUT2D eigenvalue weighted by atomic mass is 9.90. The topological polar surface area (TPSA) is 81.1 Å². The van der Waals surface area contributed by atoms with E-state index in [4.69, 9.17) is 14.2 Å². The second-order valence-corrected chi connectivity index (χ2v) is 8.92. The van der Waals surface area contributed by atoms with Crippen LogP contribution in [-0.4, -0.2) is 61.5 Å². The molecule has 7 heteroatoms. The first-order chi connectivity index (χ1) is 16.9. The van der Waals surface area contributed by atoms with E-state index in [2.05, 4.69) is 35.9 Å². The maximum absolute atomic E-state index is 12.2. The Labute approximate surface area is 206 Å². The Morgan fingerprint density at radius 1 is 1.03 bits per heavy atom. The molecule has 1 N–H and O–H groups in total. The van der Waals surface area contributed by atoms with Crippen LogP contribution in [0.2, 0.25) is 0 Å². The molecule has 0 saturated carbocycles. The molecule has 0 aliphatic carbocycles. The number of pyridine rings is 1. The van der Waals surface area contributed by atoms with E-state index in [0.29, 0.717) is 11.3 Å². The third-order valence-corrected chi connectivity index (χ3v) is 6.37. The fraction of sp³-hybridized carbons (Fsp3) is 0.357. The van der Waals surface area contributed by atoms with E-state index in [1.807, 2.05) is 30.3 Å². The Kier molecular flexibility index (Phi) is 7.68. The summed E-state index contributed by atoms with van der Waals surface area (Å²) in [4.78, 5) is 18.8. The number of morpholine rings is 1. The second kappa shape index (κ2) is 10.9. The van der Waals surface area contributed by atoms with Crippen LogP contribution in [0.1, 0.15) is 41.4 Å². The molecule has 0 amide bonds. The van der Waals surface area contributed by atoms with Crippen molar-refractivity contribution < 1.29 is 24.1 Å². The molecule has 1 aliphatic rings. The smallest absolute Gasteiger partial charge is 0.355 e. The predicted molar refractivity (Wildman–Crippen MR) is 135 cm³/mol. The minimum absolute atomic E-state index is 0.00685. The summed E-state index contributed by atoms with van der Waals surface area (Å²) in [5, 5.41) is 9.99. The lowest BCUT2D eigenvalue weighted by molar-refractivity contribution is 0.0342. The van der Waals surface area contributed by atoms with Crippen molar-refractivity contribution in [1.82, 2.24) is 9.88 Å². The van der Waals surface area contributed by atoms with Crippen molar-refractivity contribution in [1.29, 1.82) is 0 Å². The van der Waals surface area contributed by atoms with Crippen LogP contribution in [0, 0.1) is 0 Å². The van der Waals surface area contributed by atoms with Gasteiger partial charge in [-0.2, -0.15) is 0 Å². The summed E-state index contributed by atoms with van der Waals surface area (Å²) in [6.45, 7) is 8.34. The van der Waals surface area contributed by atoms with Gasteiger partial charge in [-0.25, -0.2) is 9.78 Å². The van der Waals surface area contributed by atoms with Gasteiger partial charge < -0.3 is 19.3 Å². The molecule has 184 valence electrons. The summed E-state index contributed by atoms with van der Waals surface area (Å²) in [6.07, 6.45) is 1.54. The SMILES string of the molecule is COc1cc(OC)c(C(C)C)cc1-c1ccnc(C(=O)O)c1-c1ccc(CN2CCOCC2)cc1. The molecule has 0 bridgehead atoms.